The number of carbonyl (C=O) groups excluding carboxylic acids is 2. The molecule has 26 heavy (non-hydrogen) atoms. The average molecular weight is 386 g/mol. The topological polar surface area (TPSA) is 141 Å². The monoisotopic (exact) mass is 386 g/mol. The van der Waals surface area contributed by atoms with Crippen molar-refractivity contribution >= 4 is 29.7 Å². The summed E-state index contributed by atoms with van der Waals surface area (Å²) in [6.45, 7) is 5.71. The maximum absolute atomic E-state index is 12.0. The van der Waals surface area contributed by atoms with Crippen molar-refractivity contribution in [1.29, 1.82) is 5.26 Å². The molecule has 0 heterocycles. The van der Waals surface area contributed by atoms with Gasteiger partial charge >= 0.3 is 12.1 Å². The molecule has 1 atom stereocenters. The molecule has 0 aromatic carbocycles. The van der Waals surface area contributed by atoms with Crippen molar-refractivity contribution in [3.05, 3.63) is 11.8 Å². The molecule has 0 aromatic rings. The van der Waals surface area contributed by atoms with E-state index in [1.807, 2.05) is 6.26 Å². The van der Waals surface area contributed by atoms with E-state index in [0.717, 1.165) is 0 Å². The van der Waals surface area contributed by atoms with Crippen molar-refractivity contribution in [1.82, 2.24) is 16.0 Å². The van der Waals surface area contributed by atoms with Crippen LogP contribution in [0.25, 0.3) is 0 Å². The second-order valence-corrected chi connectivity index (χ2v) is 7.18. The van der Waals surface area contributed by atoms with Gasteiger partial charge in [-0.1, -0.05) is 0 Å². The van der Waals surface area contributed by atoms with E-state index >= 15 is 0 Å². The fourth-order valence-corrected chi connectivity index (χ4v) is 2.07. The van der Waals surface area contributed by atoms with Gasteiger partial charge in [0.05, 0.1) is 0 Å². The van der Waals surface area contributed by atoms with Gasteiger partial charge in [0.1, 0.15) is 23.3 Å². The second-order valence-electron chi connectivity index (χ2n) is 6.20. The van der Waals surface area contributed by atoms with Crippen molar-refractivity contribution < 1.29 is 24.2 Å². The van der Waals surface area contributed by atoms with Gasteiger partial charge in [-0.25, -0.2) is 9.59 Å². The first-order valence-corrected chi connectivity index (χ1v) is 9.33. The van der Waals surface area contributed by atoms with E-state index < -0.39 is 29.6 Å². The lowest BCUT2D eigenvalue weighted by Crippen LogP contribution is -2.42. The van der Waals surface area contributed by atoms with Gasteiger partial charge in [-0.3, -0.25) is 4.79 Å². The molecule has 0 aliphatic rings. The summed E-state index contributed by atoms with van der Waals surface area (Å²) < 4.78 is 5.06. The van der Waals surface area contributed by atoms with Crippen LogP contribution < -0.4 is 16.0 Å². The zero-order valence-corrected chi connectivity index (χ0v) is 16.2. The number of carbonyl (C=O) groups is 3. The summed E-state index contributed by atoms with van der Waals surface area (Å²) in [4.78, 5) is 34.5. The molecular formula is C16H26N4O5S. The molecule has 146 valence electrons. The number of hydrogen-bond acceptors (Lipinski definition) is 7. The molecule has 0 spiro atoms. The number of hydrogen-bond donors (Lipinski definition) is 4. The summed E-state index contributed by atoms with van der Waals surface area (Å²) in [5.74, 6) is -1.36. The van der Waals surface area contributed by atoms with Crippen LogP contribution in [0.3, 0.4) is 0 Å². The first-order chi connectivity index (χ1) is 12.1. The van der Waals surface area contributed by atoms with Gasteiger partial charge in [0.2, 0.25) is 0 Å². The summed E-state index contributed by atoms with van der Waals surface area (Å²) in [6, 6.07) is 0.654. The molecule has 0 saturated carbocycles. The predicted molar refractivity (Wildman–Crippen MR) is 98.5 cm³/mol. The van der Waals surface area contributed by atoms with Crippen molar-refractivity contribution in [2.45, 2.75) is 38.8 Å². The van der Waals surface area contributed by atoms with E-state index in [1.54, 1.807) is 26.8 Å². The van der Waals surface area contributed by atoms with Crippen molar-refractivity contribution in [3.63, 3.8) is 0 Å². The van der Waals surface area contributed by atoms with Crippen LogP contribution in [-0.2, 0) is 14.3 Å². The summed E-state index contributed by atoms with van der Waals surface area (Å²) in [6.07, 6.45) is 2.70. The zero-order chi connectivity index (χ0) is 20.2. The standard InChI is InChI=1S/C16H26N4O5S/c1-16(2,3)25-15(24)19-7-6-18-10-11(9-17)13(21)20-12(14(22)23)5-8-26-4/h10,12,18H,5-8H2,1-4H3,(H,19,24)(H,20,21)(H,22,23)/b11-10-. The molecule has 0 aromatic heterocycles. The number of nitrogens with one attached hydrogen (secondary N) is 3. The molecule has 0 fully saturated rings. The number of nitrogens with zero attached hydrogens (tertiary/aromatic N) is 1. The van der Waals surface area contributed by atoms with Crippen LogP contribution in [-0.4, -0.2) is 59.8 Å². The molecule has 0 saturated heterocycles. The Balaban J connectivity index is 4.41. The molecule has 0 aliphatic carbocycles. The Bertz CT molecular complexity index is 566. The van der Waals surface area contributed by atoms with Crippen LogP contribution in [0.5, 0.6) is 0 Å². The highest BCUT2D eigenvalue weighted by molar-refractivity contribution is 7.98. The SMILES string of the molecule is CSCCC(NC(=O)/C(C#N)=C\NCCNC(=O)OC(C)(C)C)C(=O)O. The van der Waals surface area contributed by atoms with E-state index in [4.69, 9.17) is 15.1 Å². The molecular weight excluding hydrogens is 360 g/mol. The Kier molecular flexibility index (Phi) is 10.9. The van der Waals surface area contributed by atoms with Crippen molar-refractivity contribution in [2.24, 2.45) is 0 Å². The number of amides is 2. The van der Waals surface area contributed by atoms with E-state index in [1.165, 1.54) is 18.0 Å². The normalized spacial score (nSPS) is 12.5. The maximum atomic E-state index is 12.0. The van der Waals surface area contributed by atoms with Crippen LogP contribution in [0.15, 0.2) is 11.8 Å². The number of alkyl carbamates (subject to hydrolysis) is 1. The van der Waals surface area contributed by atoms with Gasteiger partial charge in [0, 0.05) is 19.3 Å². The Morgan fingerprint density at radius 2 is 1.96 bits per heavy atom. The maximum Gasteiger partial charge on any atom is 0.407 e. The van der Waals surface area contributed by atoms with Crippen LogP contribution in [0.4, 0.5) is 4.79 Å². The summed E-state index contributed by atoms with van der Waals surface area (Å²) in [5.41, 5.74) is -0.849. The van der Waals surface area contributed by atoms with E-state index in [-0.39, 0.29) is 25.1 Å². The Morgan fingerprint density at radius 3 is 2.46 bits per heavy atom. The third-order valence-corrected chi connectivity index (χ3v) is 3.41. The Labute approximate surface area is 157 Å². The lowest BCUT2D eigenvalue weighted by molar-refractivity contribution is -0.141. The molecule has 1 unspecified atom stereocenters. The molecule has 0 rings (SSSR count). The van der Waals surface area contributed by atoms with Gasteiger partial charge in [0.25, 0.3) is 5.91 Å². The van der Waals surface area contributed by atoms with Crippen LogP contribution >= 0.6 is 11.8 Å². The van der Waals surface area contributed by atoms with E-state index in [2.05, 4.69) is 16.0 Å². The van der Waals surface area contributed by atoms with Crippen LogP contribution in [0.1, 0.15) is 27.2 Å². The zero-order valence-electron chi connectivity index (χ0n) is 15.4. The number of carboxylic acid groups (broad SMARTS) is 1. The summed E-state index contributed by atoms with van der Waals surface area (Å²) >= 11 is 1.46. The smallest absolute Gasteiger partial charge is 0.407 e. The third kappa shape index (κ3) is 11.2. The van der Waals surface area contributed by atoms with Gasteiger partial charge < -0.3 is 25.8 Å². The highest BCUT2D eigenvalue weighted by atomic mass is 32.2. The minimum absolute atomic E-state index is 0.219. The molecule has 2 amide bonds. The molecule has 0 bridgehead atoms. The molecule has 10 heteroatoms. The van der Waals surface area contributed by atoms with Gasteiger partial charge in [-0.15, -0.1) is 0 Å². The van der Waals surface area contributed by atoms with Gasteiger partial charge in [-0.2, -0.15) is 17.0 Å². The van der Waals surface area contributed by atoms with Crippen molar-refractivity contribution in [2.75, 3.05) is 25.1 Å². The van der Waals surface area contributed by atoms with E-state index in [0.29, 0.717) is 5.75 Å². The first-order valence-electron chi connectivity index (χ1n) is 7.93. The van der Waals surface area contributed by atoms with Crippen LogP contribution in [0.2, 0.25) is 0 Å². The largest absolute Gasteiger partial charge is 0.480 e. The fraction of sp³-hybridized carbons (Fsp3) is 0.625. The number of rotatable bonds is 10. The Morgan fingerprint density at radius 1 is 1.31 bits per heavy atom. The highest BCUT2D eigenvalue weighted by Gasteiger charge is 2.21. The minimum atomic E-state index is -1.15. The molecule has 0 radical (unpaired) electrons. The minimum Gasteiger partial charge on any atom is -0.480 e. The van der Waals surface area contributed by atoms with Gasteiger partial charge in [0.15, 0.2) is 0 Å². The van der Waals surface area contributed by atoms with Gasteiger partial charge in [-0.05, 0) is 39.2 Å². The highest BCUT2D eigenvalue weighted by Crippen LogP contribution is 2.06. The first kappa shape index (κ1) is 23.6. The number of aliphatic carboxylic acids is 1. The average Bonchev–Trinajstić information content (AvgIpc) is 2.52. The number of carboxylic acids is 1. The third-order valence-electron chi connectivity index (χ3n) is 2.76. The van der Waals surface area contributed by atoms with Crippen LogP contribution in [0, 0.1) is 11.3 Å². The lowest BCUT2D eigenvalue weighted by atomic mass is 10.2. The molecule has 0 aliphatic heterocycles. The number of ether oxygens (including phenoxy) is 1. The fourth-order valence-electron chi connectivity index (χ4n) is 1.60. The van der Waals surface area contributed by atoms with Crippen molar-refractivity contribution in [3.8, 4) is 6.07 Å². The number of thioether (sulfide) groups is 1. The molecule has 4 N–H and O–H groups in total. The quantitative estimate of drug-likeness (QED) is 0.246. The summed E-state index contributed by atoms with van der Waals surface area (Å²) in [7, 11) is 0. The van der Waals surface area contributed by atoms with E-state index in [9.17, 15) is 14.4 Å². The second kappa shape index (κ2) is 12.0. The summed E-state index contributed by atoms with van der Waals surface area (Å²) in [5, 5.41) is 25.7. The molecule has 9 nitrogen and oxygen atoms in total. The predicted octanol–water partition coefficient (Wildman–Crippen LogP) is 0.831. The number of nitriles is 1. The lowest BCUT2D eigenvalue weighted by Gasteiger charge is -2.19. The Hall–Kier alpha value is -2.41.